The molecule has 1 saturated heterocycles. The predicted molar refractivity (Wildman–Crippen MR) is 141 cm³/mol. The Hall–Kier alpha value is -3.64. The van der Waals surface area contributed by atoms with E-state index in [-0.39, 0.29) is 5.78 Å². The van der Waals surface area contributed by atoms with Gasteiger partial charge in [0.2, 0.25) is 5.78 Å². The van der Waals surface area contributed by atoms with Gasteiger partial charge in [-0.3, -0.25) is 4.79 Å². The van der Waals surface area contributed by atoms with Crippen molar-refractivity contribution in [1.82, 2.24) is 0 Å². The van der Waals surface area contributed by atoms with Gasteiger partial charge >= 0.3 is 5.97 Å². The van der Waals surface area contributed by atoms with Crippen molar-refractivity contribution in [2.75, 3.05) is 30.7 Å². The van der Waals surface area contributed by atoms with E-state index in [4.69, 9.17) is 5.73 Å². The molecule has 0 spiro atoms. The van der Waals surface area contributed by atoms with Crippen molar-refractivity contribution >= 4 is 23.1 Å². The van der Waals surface area contributed by atoms with Gasteiger partial charge in [-0.2, -0.15) is 0 Å². The lowest BCUT2D eigenvalue weighted by Crippen LogP contribution is -3.13. The number of aliphatic carboxylic acids is 1. The summed E-state index contributed by atoms with van der Waals surface area (Å²) < 4.78 is 0. The van der Waals surface area contributed by atoms with Gasteiger partial charge in [0.25, 0.3) is 0 Å². The molecule has 1 aliphatic heterocycles. The zero-order chi connectivity index (χ0) is 25.0. The summed E-state index contributed by atoms with van der Waals surface area (Å²) in [5.74, 6) is 0.223. The van der Waals surface area contributed by atoms with Crippen molar-refractivity contribution in [1.29, 1.82) is 0 Å². The molecule has 6 nitrogen and oxygen atoms in total. The molecule has 1 atom stereocenters. The highest BCUT2D eigenvalue weighted by Crippen LogP contribution is 2.19. The van der Waals surface area contributed by atoms with Crippen molar-refractivity contribution in [3.05, 3.63) is 96.1 Å². The van der Waals surface area contributed by atoms with Crippen LogP contribution in [0.25, 0.3) is 0 Å². The van der Waals surface area contributed by atoms with Crippen LogP contribution < -0.4 is 16.0 Å². The topological polar surface area (TPSA) is 96.9 Å². The van der Waals surface area contributed by atoms with Crippen molar-refractivity contribution in [3.8, 4) is 0 Å². The van der Waals surface area contributed by atoms with Gasteiger partial charge in [-0.05, 0) is 60.7 Å². The second-order valence-corrected chi connectivity index (χ2v) is 9.02. The van der Waals surface area contributed by atoms with Crippen molar-refractivity contribution in [2.45, 2.75) is 32.2 Å². The highest BCUT2D eigenvalue weighted by atomic mass is 16.4. The monoisotopic (exact) mass is 474 g/mol. The van der Waals surface area contributed by atoms with Crippen LogP contribution in [0, 0.1) is 5.92 Å². The summed E-state index contributed by atoms with van der Waals surface area (Å²) in [4.78, 5) is 24.8. The molecular formula is C29H36N3O3+. The fourth-order valence-corrected chi connectivity index (χ4v) is 4.30. The summed E-state index contributed by atoms with van der Waals surface area (Å²) in [6, 6.07) is 25.0. The Labute approximate surface area is 207 Å². The first kappa shape index (κ1) is 26.0. The van der Waals surface area contributed by atoms with Crippen LogP contribution in [0.4, 0.5) is 11.4 Å². The Bertz CT molecular complexity index is 1050. The molecule has 6 heteroatoms. The molecule has 4 rings (SSSR count). The van der Waals surface area contributed by atoms with Gasteiger partial charge in [-0.15, -0.1) is 0 Å². The number of carbonyl (C=O) groups excluding carboxylic acids is 1. The van der Waals surface area contributed by atoms with E-state index < -0.39 is 12.0 Å². The largest absolute Gasteiger partial charge is 0.479 e. The number of hydrogen-bond donors (Lipinski definition) is 4. The van der Waals surface area contributed by atoms with Gasteiger partial charge in [-0.25, -0.2) is 4.79 Å². The van der Waals surface area contributed by atoms with Crippen LogP contribution in [-0.4, -0.2) is 36.5 Å². The van der Waals surface area contributed by atoms with Gasteiger partial charge in [-0.1, -0.05) is 61.9 Å². The van der Waals surface area contributed by atoms with E-state index in [9.17, 15) is 14.7 Å². The van der Waals surface area contributed by atoms with Crippen LogP contribution in [0.5, 0.6) is 0 Å². The number of nitrogens with one attached hydrogen (secondary N) is 2. The molecule has 0 aromatic heterocycles. The Morgan fingerprint density at radius 1 is 0.943 bits per heavy atom. The Morgan fingerprint density at radius 2 is 1.51 bits per heavy atom. The summed E-state index contributed by atoms with van der Waals surface area (Å²) in [5.41, 5.74) is 8.66. The number of carboxylic acid groups (broad SMARTS) is 1. The molecule has 0 saturated carbocycles. The maximum absolute atomic E-state index is 12.1. The summed E-state index contributed by atoms with van der Waals surface area (Å²) >= 11 is 0. The third-order valence-corrected chi connectivity index (χ3v) is 6.50. The molecule has 3 aromatic carbocycles. The molecule has 0 radical (unpaired) electrons. The number of carbonyl (C=O) groups is 2. The standard InChI is InChI=1S/C15H22N2O.C14H13NO2/c1-2-12-7-9-17(10-8-12)11-15(18)13-3-5-14(16)6-4-13;16-14(17)13(11-7-3-1-4-8-11)15-12-9-5-2-6-10-12/h3-6,12H,2,7-11,16H2,1H3;1-10,13,15H,(H,16,17)/p+1. The summed E-state index contributed by atoms with van der Waals surface area (Å²) in [5, 5.41) is 12.2. The molecular weight excluding hydrogens is 438 g/mol. The minimum absolute atomic E-state index is 0.236. The summed E-state index contributed by atoms with van der Waals surface area (Å²) in [6.07, 6.45) is 3.81. The van der Waals surface area contributed by atoms with Gasteiger partial charge < -0.3 is 21.1 Å². The third-order valence-electron chi connectivity index (χ3n) is 6.50. The lowest BCUT2D eigenvalue weighted by molar-refractivity contribution is -0.897. The Kier molecular flexibility index (Phi) is 9.87. The van der Waals surface area contributed by atoms with E-state index in [1.54, 1.807) is 24.3 Å². The summed E-state index contributed by atoms with van der Waals surface area (Å²) in [7, 11) is 0. The maximum Gasteiger partial charge on any atom is 0.330 e. The van der Waals surface area contributed by atoms with Gasteiger partial charge in [0, 0.05) is 16.9 Å². The van der Waals surface area contributed by atoms with Crippen molar-refractivity contribution in [3.63, 3.8) is 0 Å². The van der Waals surface area contributed by atoms with Crippen LogP contribution in [-0.2, 0) is 4.79 Å². The first-order valence-electron chi connectivity index (χ1n) is 12.3. The minimum Gasteiger partial charge on any atom is -0.479 e. The highest BCUT2D eigenvalue weighted by molar-refractivity contribution is 5.97. The molecule has 5 N–H and O–H groups in total. The van der Waals surface area contributed by atoms with Crippen LogP contribution in [0.3, 0.4) is 0 Å². The van der Waals surface area contributed by atoms with Gasteiger partial charge in [0.15, 0.2) is 6.04 Å². The Morgan fingerprint density at radius 3 is 2.06 bits per heavy atom. The molecule has 0 aliphatic carbocycles. The smallest absolute Gasteiger partial charge is 0.330 e. The van der Waals surface area contributed by atoms with E-state index in [0.717, 1.165) is 35.8 Å². The number of hydrogen-bond acceptors (Lipinski definition) is 4. The SMILES string of the molecule is CCC1CC[NH+](CC(=O)c2ccc(N)cc2)CC1.O=C(O)C(Nc1ccccc1)c1ccccc1. The normalized spacial score (nSPS) is 18.0. The van der Waals surface area contributed by atoms with Crippen molar-refractivity contribution in [2.24, 2.45) is 5.92 Å². The number of ketones is 1. The van der Waals surface area contributed by atoms with E-state index in [0.29, 0.717) is 12.2 Å². The first-order chi connectivity index (χ1) is 17.0. The van der Waals surface area contributed by atoms with Gasteiger partial charge in [0.05, 0.1) is 13.1 Å². The fraction of sp³-hybridized carbons (Fsp3) is 0.310. The fourth-order valence-electron chi connectivity index (χ4n) is 4.30. The Balaban J connectivity index is 0.000000196. The van der Waals surface area contributed by atoms with E-state index in [1.807, 2.05) is 60.7 Å². The number of para-hydroxylation sites is 1. The number of carboxylic acids is 1. The van der Waals surface area contributed by atoms with Crippen LogP contribution >= 0.6 is 0 Å². The molecule has 0 bridgehead atoms. The average molecular weight is 475 g/mol. The van der Waals surface area contributed by atoms with Gasteiger partial charge in [0.1, 0.15) is 6.54 Å². The number of likely N-dealkylation sites (tertiary alicyclic amines) is 1. The number of nitrogen functional groups attached to an aromatic ring is 1. The number of anilines is 2. The number of piperidine rings is 1. The third kappa shape index (κ3) is 8.26. The lowest BCUT2D eigenvalue weighted by atomic mass is 9.94. The molecule has 0 amide bonds. The molecule has 35 heavy (non-hydrogen) atoms. The zero-order valence-electron chi connectivity index (χ0n) is 20.3. The van der Waals surface area contributed by atoms with Crippen LogP contribution in [0.1, 0.15) is 48.1 Å². The lowest BCUT2D eigenvalue weighted by Gasteiger charge is -2.28. The predicted octanol–water partition coefficient (Wildman–Crippen LogP) is 4.08. The molecule has 3 aromatic rings. The first-order valence-corrected chi connectivity index (χ1v) is 12.3. The molecule has 1 unspecified atom stereocenters. The van der Waals surface area contributed by atoms with E-state index >= 15 is 0 Å². The van der Waals surface area contributed by atoms with E-state index in [2.05, 4.69) is 12.2 Å². The molecule has 1 heterocycles. The summed E-state index contributed by atoms with van der Waals surface area (Å²) in [6.45, 7) is 5.16. The number of nitrogens with two attached hydrogens (primary N) is 1. The zero-order valence-corrected chi connectivity index (χ0v) is 20.3. The second kappa shape index (κ2) is 13.3. The molecule has 1 aliphatic rings. The molecule has 1 fully saturated rings. The quantitative estimate of drug-likeness (QED) is 0.291. The highest BCUT2D eigenvalue weighted by Gasteiger charge is 2.23. The van der Waals surface area contributed by atoms with E-state index in [1.165, 1.54) is 24.2 Å². The number of benzene rings is 3. The van der Waals surface area contributed by atoms with Crippen LogP contribution in [0.15, 0.2) is 84.9 Å². The number of Topliss-reactive ketones (excluding diaryl/α,β-unsaturated/α-hetero) is 1. The number of rotatable bonds is 8. The van der Waals surface area contributed by atoms with Crippen molar-refractivity contribution < 1.29 is 19.6 Å². The maximum atomic E-state index is 12.1. The minimum atomic E-state index is -0.889. The van der Waals surface area contributed by atoms with Crippen LogP contribution in [0.2, 0.25) is 0 Å². The average Bonchev–Trinajstić information content (AvgIpc) is 2.89. The number of quaternary nitrogens is 1. The molecule has 184 valence electrons. The second-order valence-electron chi connectivity index (χ2n) is 9.02.